The molecule has 0 atom stereocenters. The van der Waals surface area contributed by atoms with E-state index >= 15 is 0 Å². The van der Waals surface area contributed by atoms with Gasteiger partial charge in [0.05, 0.1) is 20.8 Å². The number of hydrogen-bond acceptors (Lipinski definition) is 4. The molecule has 0 aromatic heterocycles. The SMILES string of the molecule is CCNC(=NCCN1CCc2cc(OC)c(OC)cc2C1)NCCc1ccccc1.I. The summed E-state index contributed by atoms with van der Waals surface area (Å²) in [7, 11) is 3.37. The van der Waals surface area contributed by atoms with Crippen molar-refractivity contribution in [3.63, 3.8) is 0 Å². The van der Waals surface area contributed by atoms with Crippen molar-refractivity contribution in [3.05, 3.63) is 59.2 Å². The van der Waals surface area contributed by atoms with Gasteiger partial charge in [-0.15, -0.1) is 24.0 Å². The van der Waals surface area contributed by atoms with Gasteiger partial charge in [-0.1, -0.05) is 30.3 Å². The Morgan fingerprint density at radius 2 is 1.74 bits per heavy atom. The van der Waals surface area contributed by atoms with Crippen molar-refractivity contribution in [2.45, 2.75) is 26.3 Å². The first-order valence-electron chi connectivity index (χ1n) is 10.8. The quantitative estimate of drug-likeness (QED) is 0.291. The van der Waals surface area contributed by atoms with E-state index in [4.69, 9.17) is 14.5 Å². The minimum atomic E-state index is 0. The molecular formula is C24H35IN4O2. The highest BCUT2D eigenvalue weighted by Gasteiger charge is 2.19. The standard InChI is InChI=1S/C24H34N4O2.HI/c1-4-25-24(26-12-10-19-8-6-5-7-9-19)27-13-15-28-14-11-20-16-22(29-2)23(30-3)17-21(20)18-28;/h5-9,16-17H,4,10-15,18H2,1-3H3,(H2,25,26,27);1H. The van der Waals surface area contributed by atoms with Crippen LogP contribution in [0.3, 0.4) is 0 Å². The molecule has 31 heavy (non-hydrogen) atoms. The lowest BCUT2D eigenvalue weighted by Crippen LogP contribution is -2.39. The summed E-state index contributed by atoms with van der Waals surface area (Å²) in [6.45, 7) is 7.48. The summed E-state index contributed by atoms with van der Waals surface area (Å²) >= 11 is 0. The van der Waals surface area contributed by atoms with Gasteiger partial charge in [0.1, 0.15) is 0 Å². The van der Waals surface area contributed by atoms with E-state index < -0.39 is 0 Å². The molecule has 7 heteroatoms. The zero-order chi connectivity index (χ0) is 21.2. The summed E-state index contributed by atoms with van der Waals surface area (Å²) in [6, 6.07) is 14.7. The average molecular weight is 538 g/mol. The largest absolute Gasteiger partial charge is 0.493 e. The van der Waals surface area contributed by atoms with Gasteiger partial charge < -0.3 is 20.1 Å². The number of rotatable bonds is 9. The molecule has 2 aromatic rings. The molecule has 3 rings (SSSR count). The van der Waals surface area contributed by atoms with Gasteiger partial charge in [-0.05, 0) is 48.6 Å². The Balaban J connectivity index is 0.00000341. The van der Waals surface area contributed by atoms with Crippen molar-refractivity contribution >= 4 is 29.9 Å². The van der Waals surface area contributed by atoms with E-state index in [1.165, 1.54) is 16.7 Å². The molecule has 2 aromatic carbocycles. The van der Waals surface area contributed by atoms with Crippen LogP contribution in [0.1, 0.15) is 23.6 Å². The molecule has 0 fully saturated rings. The van der Waals surface area contributed by atoms with Crippen molar-refractivity contribution in [1.82, 2.24) is 15.5 Å². The molecule has 0 spiro atoms. The number of nitrogens with zero attached hydrogens (tertiary/aromatic N) is 2. The number of halogens is 1. The Hall–Kier alpha value is -2.00. The third kappa shape index (κ3) is 7.57. The van der Waals surface area contributed by atoms with Gasteiger partial charge in [-0.25, -0.2) is 0 Å². The molecule has 0 saturated carbocycles. The van der Waals surface area contributed by atoms with Crippen LogP contribution >= 0.6 is 24.0 Å². The Labute approximate surface area is 203 Å². The number of aliphatic imine (C=N–C) groups is 1. The highest BCUT2D eigenvalue weighted by molar-refractivity contribution is 14.0. The molecule has 2 N–H and O–H groups in total. The van der Waals surface area contributed by atoms with Crippen LogP contribution in [0.15, 0.2) is 47.5 Å². The van der Waals surface area contributed by atoms with Crippen molar-refractivity contribution in [1.29, 1.82) is 0 Å². The van der Waals surface area contributed by atoms with E-state index in [1.54, 1.807) is 14.2 Å². The summed E-state index contributed by atoms with van der Waals surface area (Å²) in [6.07, 6.45) is 2.01. The zero-order valence-electron chi connectivity index (χ0n) is 18.8. The highest BCUT2D eigenvalue weighted by Crippen LogP contribution is 2.33. The molecule has 0 aliphatic carbocycles. The van der Waals surface area contributed by atoms with Crippen LogP contribution in [0.5, 0.6) is 11.5 Å². The maximum absolute atomic E-state index is 5.46. The van der Waals surface area contributed by atoms with Crippen molar-refractivity contribution < 1.29 is 9.47 Å². The summed E-state index contributed by atoms with van der Waals surface area (Å²) in [5, 5.41) is 6.78. The second-order valence-electron chi connectivity index (χ2n) is 7.43. The first-order chi connectivity index (χ1) is 14.7. The summed E-state index contributed by atoms with van der Waals surface area (Å²) < 4.78 is 10.9. The number of methoxy groups -OCH3 is 2. The lowest BCUT2D eigenvalue weighted by atomic mass is 9.99. The van der Waals surface area contributed by atoms with Crippen LogP contribution in [0.25, 0.3) is 0 Å². The third-order valence-corrected chi connectivity index (χ3v) is 5.38. The van der Waals surface area contributed by atoms with E-state index in [2.05, 4.69) is 58.9 Å². The van der Waals surface area contributed by atoms with E-state index in [1.807, 2.05) is 6.07 Å². The van der Waals surface area contributed by atoms with Crippen LogP contribution in [0.4, 0.5) is 0 Å². The normalized spacial score (nSPS) is 13.7. The monoisotopic (exact) mass is 538 g/mol. The Kier molecular flexibility index (Phi) is 10.9. The molecule has 0 unspecified atom stereocenters. The van der Waals surface area contributed by atoms with E-state index in [0.717, 1.165) is 69.6 Å². The smallest absolute Gasteiger partial charge is 0.191 e. The highest BCUT2D eigenvalue weighted by atomic mass is 127. The summed E-state index contributed by atoms with van der Waals surface area (Å²) in [5.74, 6) is 2.50. The molecule has 1 heterocycles. The van der Waals surface area contributed by atoms with Gasteiger partial charge in [0.15, 0.2) is 17.5 Å². The van der Waals surface area contributed by atoms with Crippen molar-refractivity contribution in [2.75, 3.05) is 46.9 Å². The molecule has 1 aliphatic heterocycles. The Morgan fingerprint density at radius 1 is 1.03 bits per heavy atom. The van der Waals surface area contributed by atoms with Crippen LogP contribution in [-0.2, 0) is 19.4 Å². The van der Waals surface area contributed by atoms with E-state index in [0.29, 0.717) is 0 Å². The van der Waals surface area contributed by atoms with E-state index in [-0.39, 0.29) is 24.0 Å². The maximum Gasteiger partial charge on any atom is 0.191 e. The van der Waals surface area contributed by atoms with Gasteiger partial charge in [0.2, 0.25) is 0 Å². The second-order valence-corrected chi connectivity index (χ2v) is 7.43. The predicted molar refractivity (Wildman–Crippen MR) is 138 cm³/mol. The number of fused-ring (bicyclic) bond motifs is 1. The Bertz CT molecular complexity index is 830. The first-order valence-corrected chi connectivity index (χ1v) is 10.8. The van der Waals surface area contributed by atoms with Gasteiger partial charge in [-0.3, -0.25) is 9.89 Å². The third-order valence-electron chi connectivity index (χ3n) is 5.38. The number of nitrogens with one attached hydrogen (secondary N) is 2. The maximum atomic E-state index is 5.46. The average Bonchev–Trinajstić information content (AvgIpc) is 2.78. The molecule has 1 aliphatic rings. The zero-order valence-corrected chi connectivity index (χ0v) is 21.1. The molecule has 0 bridgehead atoms. The van der Waals surface area contributed by atoms with Gasteiger partial charge >= 0.3 is 0 Å². The predicted octanol–water partition coefficient (Wildman–Crippen LogP) is 3.48. The molecule has 0 amide bonds. The second kappa shape index (κ2) is 13.4. The number of hydrogen-bond donors (Lipinski definition) is 2. The van der Waals surface area contributed by atoms with Gasteiger partial charge in [0, 0.05) is 32.7 Å². The van der Waals surface area contributed by atoms with Crippen molar-refractivity contribution in [2.24, 2.45) is 4.99 Å². The number of benzene rings is 2. The van der Waals surface area contributed by atoms with Crippen molar-refractivity contribution in [3.8, 4) is 11.5 Å². The minimum Gasteiger partial charge on any atom is -0.493 e. The fraction of sp³-hybridized carbons (Fsp3) is 0.458. The molecule has 0 saturated heterocycles. The summed E-state index contributed by atoms with van der Waals surface area (Å²) in [4.78, 5) is 7.21. The topological polar surface area (TPSA) is 58.1 Å². The number of guanidine groups is 1. The minimum absolute atomic E-state index is 0. The number of ether oxygens (including phenoxy) is 2. The lowest BCUT2D eigenvalue weighted by molar-refractivity contribution is 0.260. The molecule has 6 nitrogen and oxygen atoms in total. The fourth-order valence-electron chi connectivity index (χ4n) is 3.75. The van der Waals surface area contributed by atoms with E-state index in [9.17, 15) is 0 Å². The van der Waals surface area contributed by atoms with Crippen LogP contribution < -0.4 is 20.1 Å². The van der Waals surface area contributed by atoms with Gasteiger partial charge in [0.25, 0.3) is 0 Å². The van der Waals surface area contributed by atoms with Crippen LogP contribution in [-0.4, -0.2) is 57.8 Å². The fourth-order valence-corrected chi connectivity index (χ4v) is 3.75. The molecule has 170 valence electrons. The molecule has 0 radical (unpaired) electrons. The van der Waals surface area contributed by atoms with Gasteiger partial charge in [-0.2, -0.15) is 0 Å². The Morgan fingerprint density at radius 3 is 2.42 bits per heavy atom. The van der Waals surface area contributed by atoms with Crippen LogP contribution in [0.2, 0.25) is 0 Å². The first kappa shape index (κ1) is 25.3. The molecular weight excluding hydrogens is 503 g/mol. The van der Waals surface area contributed by atoms with Crippen LogP contribution in [0, 0.1) is 0 Å². The lowest BCUT2D eigenvalue weighted by Gasteiger charge is -2.29. The summed E-state index contributed by atoms with van der Waals surface area (Å²) in [5.41, 5.74) is 4.00.